The minimum atomic E-state index is -0.466. The van der Waals surface area contributed by atoms with Crippen LogP contribution in [0.4, 0.5) is 0 Å². The Kier molecular flexibility index (Phi) is 5.03. The number of hydrogen-bond acceptors (Lipinski definition) is 4. The van der Waals surface area contributed by atoms with E-state index in [9.17, 15) is 14.7 Å². The lowest BCUT2D eigenvalue weighted by molar-refractivity contribution is -0.128. The van der Waals surface area contributed by atoms with Crippen molar-refractivity contribution in [1.29, 1.82) is 0 Å². The molecule has 0 bridgehead atoms. The molecule has 2 amide bonds. The van der Waals surface area contributed by atoms with Crippen LogP contribution in [0.2, 0.25) is 0 Å². The van der Waals surface area contributed by atoms with Crippen molar-refractivity contribution in [3.8, 4) is 11.5 Å². The summed E-state index contributed by atoms with van der Waals surface area (Å²) in [4.78, 5) is 23.8. The van der Waals surface area contributed by atoms with E-state index in [1.54, 1.807) is 12.1 Å². The average molecular weight is 292 g/mol. The fourth-order valence-electron chi connectivity index (χ4n) is 2.35. The number of aromatic hydroxyl groups is 1. The predicted molar refractivity (Wildman–Crippen MR) is 77.2 cm³/mol. The Morgan fingerprint density at radius 1 is 1.48 bits per heavy atom. The number of rotatable bonds is 4. The van der Waals surface area contributed by atoms with Gasteiger partial charge in [0, 0.05) is 6.54 Å². The van der Waals surface area contributed by atoms with Crippen LogP contribution in [-0.4, -0.2) is 36.6 Å². The van der Waals surface area contributed by atoms with E-state index in [-0.39, 0.29) is 24.0 Å². The van der Waals surface area contributed by atoms with Crippen molar-refractivity contribution in [2.45, 2.75) is 31.7 Å². The van der Waals surface area contributed by atoms with Crippen molar-refractivity contribution < 1.29 is 19.4 Å². The molecule has 21 heavy (non-hydrogen) atoms. The summed E-state index contributed by atoms with van der Waals surface area (Å²) in [6, 6.07) is 4.35. The molecule has 6 nitrogen and oxygen atoms in total. The van der Waals surface area contributed by atoms with Crippen LogP contribution in [0, 0.1) is 0 Å². The molecule has 0 unspecified atom stereocenters. The van der Waals surface area contributed by atoms with Crippen LogP contribution < -0.4 is 15.4 Å². The number of carbonyl (C=O) groups excluding carboxylic acids is 2. The van der Waals surface area contributed by atoms with Gasteiger partial charge in [-0.2, -0.15) is 0 Å². The maximum Gasteiger partial charge on any atom is 0.242 e. The highest BCUT2D eigenvalue weighted by Gasteiger charge is 2.22. The molecule has 0 aliphatic carbocycles. The number of amides is 2. The Morgan fingerprint density at radius 3 is 3.00 bits per heavy atom. The molecule has 0 radical (unpaired) electrons. The summed E-state index contributed by atoms with van der Waals surface area (Å²) in [5, 5.41) is 15.2. The molecule has 0 saturated carbocycles. The molecule has 0 spiro atoms. The molecule has 1 aromatic rings. The summed E-state index contributed by atoms with van der Waals surface area (Å²) in [6.45, 7) is 0.664. The van der Waals surface area contributed by atoms with Crippen LogP contribution in [0.3, 0.4) is 0 Å². The summed E-state index contributed by atoms with van der Waals surface area (Å²) in [5.74, 6) is -0.00245. The first kappa shape index (κ1) is 15.2. The highest BCUT2D eigenvalue weighted by Crippen LogP contribution is 2.26. The van der Waals surface area contributed by atoms with Gasteiger partial charge in [0.1, 0.15) is 6.04 Å². The van der Waals surface area contributed by atoms with Gasteiger partial charge in [0.2, 0.25) is 11.8 Å². The monoisotopic (exact) mass is 292 g/mol. The fraction of sp³-hybridized carbons (Fsp3) is 0.467. The molecule has 114 valence electrons. The molecule has 1 aliphatic heterocycles. The molecule has 1 atom stereocenters. The lowest BCUT2D eigenvalue weighted by Crippen LogP contribution is -2.45. The van der Waals surface area contributed by atoms with Crippen molar-refractivity contribution in [2.75, 3.05) is 13.7 Å². The van der Waals surface area contributed by atoms with Gasteiger partial charge in [-0.1, -0.05) is 6.07 Å². The molecule has 1 aromatic carbocycles. The molecule has 1 aliphatic rings. The van der Waals surface area contributed by atoms with Gasteiger partial charge in [-0.05, 0) is 37.0 Å². The minimum Gasteiger partial charge on any atom is -0.504 e. The fourth-order valence-corrected chi connectivity index (χ4v) is 2.35. The Bertz CT molecular complexity index is 530. The van der Waals surface area contributed by atoms with Gasteiger partial charge in [0.25, 0.3) is 0 Å². The smallest absolute Gasteiger partial charge is 0.242 e. The number of carbonyl (C=O) groups is 2. The van der Waals surface area contributed by atoms with Crippen LogP contribution in [0.25, 0.3) is 0 Å². The lowest BCUT2D eigenvalue weighted by Gasteiger charge is -2.15. The predicted octanol–water partition coefficient (Wildman–Crippen LogP) is 0.728. The van der Waals surface area contributed by atoms with E-state index in [0.29, 0.717) is 24.3 Å². The van der Waals surface area contributed by atoms with Crippen LogP contribution >= 0.6 is 0 Å². The van der Waals surface area contributed by atoms with Crippen molar-refractivity contribution >= 4 is 11.8 Å². The van der Waals surface area contributed by atoms with Crippen molar-refractivity contribution in [3.05, 3.63) is 23.8 Å². The number of phenols is 1. The molecule has 1 heterocycles. The average Bonchev–Trinajstić information content (AvgIpc) is 2.64. The van der Waals surface area contributed by atoms with Crippen molar-refractivity contribution in [2.24, 2.45) is 0 Å². The van der Waals surface area contributed by atoms with E-state index >= 15 is 0 Å². The first-order valence-corrected chi connectivity index (χ1v) is 7.03. The zero-order valence-electron chi connectivity index (χ0n) is 12.0. The zero-order valence-corrected chi connectivity index (χ0v) is 12.0. The highest BCUT2D eigenvalue weighted by molar-refractivity contribution is 5.88. The minimum absolute atomic E-state index is 0.00462. The quantitative estimate of drug-likeness (QED) is 0.763. The van der Waals surface area contributed by atoms with Crippen LogP contribution in [0.5, 0.6) is 11.5 Å². The second kappa shape index (κ2) is 6.97. The summed E-state index contributed by atoms with van der Waals surface area (Å²) >= 11 is 0. The molecular formula is C15H20N2O4. The molecule has 3 N–H and O–H groups in total. The highest BCUT2D eigenvalue weighted by atomic mass is 16.5. The summed E-state index contributed by atoms with van der Waals surface area (Å²) in [7, 11) is 1.46. The largest absolute Gasteiger partial charge is 0.504 e. The number of ether oxygens (including phenoxy) is 1. The first-order valence-electron chi connectivity index (χ1n) is 7.03. The third-order valence-electron chi connectivity index (χ3n) is 3.48. The molecule has 2 rings (SSSR count). The van der Waals surface area contributed by atoms with Gasteiger partial charge in [0.05, 0.1) is 13.5 Å². The molecule has 1 fully saturated rings. The maximum atomic E-state index is 12.0. The maximum absolute atomic E-state index is 12.0. The van der Waals surface area contributed by atoms with E-state index in [2.05, 4.69) is 10.6 Å². The van der Waals surface area contributed by atoms with E-state index in [0.717, 1.165) is 12.8 Å². The van der Waals surface area contributed by atoms with Gasteiger partial charge < -0.3 is 20.5 Å². The van der Waals surface area contributed by atoms with Gasteiger partial charge in [-0.25, -0.2) is 0 Å². The zero-order chi connectivity index (χ0) is 15.2. The summed E-state index contributed by atoms with van der Waals surface area (Å²) < 4.78 is 4.95. The van der Waals surface area contributed by atoms with E-state index in [1.165, 1.54) is 13.2 Å². The first-order chi connectivity index (χ1) is 10.1. The van der Waals surface area contributed by atoms with E-state index in [4.69, 9.17) is 4.74 Å². The Labute approximate surface area is 123 Å². The third-order valence-corrected chi connectivity index (χ3v) is 3.48. The van der Waals surface area contributed by atoms with E-state index in [1.807, 2.05) is 0 Å². The summed E-state index contributed by atoms with van der Waals surface area (Å²) in [6.07, 6.45) is 2.62. The summed E-state index contributed by atoms with van der Waals surface area (Å²) in [5.41, 5.74) is 0.667. The molecule has 0 aromatic heterocycles. The van der Waals surface area contributed by atoms with Crippen LogP contribution in [0.15, 0.2) is 18.2 Å². The second-order valence-corrected chi connectivity index (χ2v) is 5.09. The van der Waals surface area contributed by atoms with E-state index < -0.39 is 6.04 Å². The lowest BCUT2D eigenvalue weighted by atomic mass is 10.1. The molecule has 1 saturated heterocycles. The molecule has 6 heteroatoms. The normalized spacial score (nSPS) is 18.5. The number of nitrogens with one attached hydrogen (secondary N) is 2. The Balaban J connectivity index is 1.94. The van der Waals surface area contributed by atoms with Crippen LogP contribution in [-0.2, 0) is 16.0 Å². The van der Waals surface area contributed by atoms with Gasteiger partial charge in [-0.15, -0.1) is 0 Å². The Morgan fingerprint density at radius 2 is 2.29 bits per heavy atom. The second-order valence-electron chi connectivity index (χ2n) is 5.09. The number of benzene rings is 1. The van der Waals surface area contributed by atoms with Gasteiger partial charge in [0.15, 0.2) is 11.5 Å². The van der Waals surface area contributed by atoms with Gasteiger partial charge in [-0.3, -0.25) is 9.59 Å². The Hall–Kier alpha value is -2.24. The third kappa shape index (κ3) is 4.11. The number of methoxy groups -OCH3 is 1. The van der Waals surface area contributed by atoms with Crippen molar-refractivity contribution in [3.63, 3.8) is 0 Å². The standard InChI is InChI=1S/C15H20N2O4/c1-21-13-6-5-10(8-12(13)18)9-14(19)17-11-4-2-3-7-16-15(11)20/h5-6,8,11,18H,2-4,7,9H2,1H3,(H,16,20)(H,17,19)/t11-/m0/s1. The molecular weight excluding hydrogens is 272 g/mol. The van der Waals surface area contributed by atoms with Gasteiger partial charge >= 0.3 is 0 Å². The van der Waals surface area contributed by atoms with Crippen LogP contribution in [0.1, 0.15) is 24.8 Å². The number of hydrogen-bond donors (Lipinski definition) is 3. The topological polar surface area (TPSA) is 87.7 Å². The number of phenolic OH excluding ortho intramolecular Hbond substituents is 1. The SMILES string of the molecule is COc1ccc(CC(=O)N[C@H]2CCCCNC2=O)cc1O. The van der Waals surface area contributed by atoms with Crippen molar-refractivity contribution in [1.82, 2.24) is 10.6 Å².